The van der Waals surface area contributed by atoms with Crippen molar-refractivity contribution in [1.82, 2.24) is 0 Å². The monoisotopic (exact) mass is 402 g/mol. The Labute approximate surface area is 156 Å². The van der Waals surface area contributed by atoms with Gasteiger partial charge in [0.25, 0.3) is 0 Å². The van der Waals surface area contributed by atoms with Crippen molar-refractivity contribution in [3.05, 3.63) is 40.3 Å². The number of hydrogen-bond acceptors (Lipinski definition) is 1. The van der Waals surface area contributed by atoms with Crippen LogP contribution in [0.4, 0.5) is 26.3 Å². The first-order chi connectivity index (χ1) is 12.6. The van der Waals surface area contributed by atoms with Gasteiger partial charge in [-0.3, -0.25) is 0 Å². The van der Waals surface area contributed by atoms with Crippen LogP contribution in [0.1, 0.15) is 37.1 Å². The molecule has 1 aliphatic carbocycles. The Morgan fingerprint density at radius 2 is 1.63 bits per heavy atom. The number of hydrogen-bond donors (Lipinski definition) is 0. The summed E-state index contributed by atoms with van der Waals surface area (Å²) in [5.74, 6) is -11.3. The van der Waals surface area contributed by atoms with Crippen molar-refractivity contribution in [3.8, 4) is 11.8 Å². The smallest absolute Gasteiger partial charge is 0.194 e. The Bertz CT molecular complexity index is 971. The molecular weight excluding hydrogens is 386 g/mol. The number of thiophene rings is 1. The molecule has 27 heavy (non-hydrogen) atoms. The van der Waals surface area contributed by atoms with Crippen molar-refractivity contribution in [2.24, 2.45) is 0 Å². The molecular formula is C20H16F6S. The lowest BCUT2D eigenvalue weighted by Crippen LogP contribution is -2.49. The molecule has 1 aromatic heterocycles. The number of halogens is 6. The van der Waals surface area contributed by atoms with Crippen LogP contribution in [0, 0.1) is 11.8 Å². The van der Waals surface area contributed by atoms with Gasteiger partial charge in [0.1, 0.15) is 0 Å². The van der Waals surface area contributed by atoms with E-state index in [0.717, 1.165) is 11.3 Å². The Morgan fingerprint density at radius 3 is 2.26 bits per heavy atom. The predicted molar refractivity (Wildman–Crippen MR) is 95.6 cm³/mol. The maximum atomic E-state index is 14.7. The number of unbranched alkanes of at least 4 members (excludes halogenated alkanes) is 1. The summed E-state index contributed by atoms with van der Waals surface area (Å²) in [6, 6.07) is 6.36. The molecule has 1 aromatic carbocycles. The fourth-order valence-corrected chi connectivity index (χ4v) is 4.29. The zero-order valence-electron chi connectivity index (χ0n) is 14.6. The largest absolute Gasteiger partial charge is 0.381 e. The van der Waals surface area contributed by atoms with Crippen molar-refractivity contribution in [1.29, 1.82) is 0 Å². The number of alkyl halides is 6. The average molecular weight is 402 g/mol. The van der Waals surface area contributed by atoms with E-state index in [0.29, 0.717) is 16.0 Å². The lowest BCUT2D eigenvalue weighted by Gasteiger charge is -2.25. The Hall–Kier alpha value is -1.94. The highest BCUT2D eigenvalue weighted by molar-refractivity contribution is 7.19. The van der Waals surface area contributed by atoms with Crippen molar-refractivity contribution in [3.63, 3.8) is 0 Å². The number of benzene rings is 1. The molecule has 1 heterocycles. The molecule has 0 radical (unpaired) electrons. The summed E-state index contributed by atoms with van der Waals surface area (Å²) in [5.41, 5.74) is -3.04. The van der Waals surface area contributed by atoms with E-state index >= 15 is 0 Å². The standard InChI is InChI=1S/C20H16F6S/c1-3-5-6-10-13-17(19(23,24)20(25,26)18(13,21)22)16-12-9-7-8-11-15(12)27-14(16)4-2/h7-9,11H,3-5H2,1-2H3. The summed E-state index contributed by atoms with van der Waals surface area (Å²) in [7, 11) is 0. The van der Waals surface area contributed by atoms with E-state index in [1.165, 1.54) is 6.07 Å². The molecule has 0 bridgehead atoms. The molecule has 0 aliphatic heterocycles. The molecule has 0 nitrogen and oxygen atoms in total. The quantitative estimate of drug-likeness (QED) is 0.385. The van der Waals surface area contributed by atoms with Crippen molar-refractivity contribution in [2.45, 2.75) is 50.9 Å². The molecule has 2 aromatic rings. The molecule has 144 valence electrons. The van der Waals surface area contributed by atoms with Crippen molar-refractivity contribution < 1.29 is 26.3 Å². The van der Waals surface area contributed by atoms with Crippen LogP contribution in [0.15, 0.2) is 29.8 Å². The highest BCUT2D eigenvalue weighted by Gasteiger charge is 2.80. The van der Waals surface area contributed by atoms with E-state index in [2.05, 4.69) is 5.92 Å². The summed E-state index contributed by atoms with van der Waals surface area (Å²) < 4.78 is 87.0. The Kier molecular flexibility index (Phi) is 4.84. The third kappa shape index (κ3) is 2.68. The second-order valence-corrected chi connectivity index (χ2v) is 7.41. The van der Waals surface area contributed by atoms with Gasteiger partial charge in [0, 0.05) is 26.9 Å². The van der Waals surface area contributed by atoms with Crippen LogP contribution in [-0.2, 0) is 6.42 Å². The molecule has 0 N–H and O–H groups in total. The van der Waals surface area contributed by atoms with Gasteiger partial charge in [-0.15, -0.1) is 11.3 Å². The third-order valence-electron chi connectivity index (χ3n) is 4.49. The zero-order chi connectivity index (χ0) is 20.0. The summed E-state index contributed by atoms with van der Waals surface area (Å²) in [4.78, 5) is 0.356. The molecule has 0 unspecified atom stereocenters. The van der Waals surface area contributed by atoms with Crippen LogP contribution in [0.2, 0.25) is 0 Å². The summed E-state index contributed by atoms with van der Waals surface area (Å²) in [6.07, 6.45) is 0.894. The highest BCUT2D eigenvalue weighted by atomic mass is 32.1. The Morgan fingerprint density at radius 1 is 0.963 bits per heavy atom. The Balaban J connectivity index is 2.43. The highest BCUT2D eigenvalue weighted by Crippen LogP contribution is 2.63. The second-order valence-electron chi connectivity index (χ2n) is 6.27. The molecule has 0 saturated carbocycles. The maximum absolute atomic E-state index is 14.7. The van der Waals surface area contributed by atoms with E-state index in [4.69, 9.17) is 0 Å². The molecule has 3 rings (SSSR count). The minimum atomic E-state index is -5.54. The lowest BCUT2D eigenvalue weighted by atomic mass is 9.95. The van der Waals surface area contributed by atoms with E-state index in [1.54, 1.807) is 32.0 Å². The molecule has 0 amide bonds. The minimum absolute atomic E-state index is 0.148. The number of aryl methyl sites for hydroxylation is 1. The van der Waals surface area contributed by atoms with Crippen LogP contribution in [0.5, 0.6) is 0 Å². The van der Waals surface area contributed by atoms with Crippen molar-refractivity contribution >= 4 is 27.0 Å². The van der Waals surface area contributed by atoms with Gasteiger partial charge in [-0.25, -0.2) is 0 Å². The first-order valence-electron chi connectivity index (χ1n) is 8.49. The van der Waals surface area contributed by atoms with Gasteiger partial charge in [0.2, 0.25) is 0 Å². The van der Waals surface area contributed by atoms with Gasteiger partial charge in [-0.2, -0.15) is 26.3 Å². The first-order valence-corrected chi connectivity index (χ1v) is 9.31. The van der Waals surface area contributed by atoms with Crippen LogP contribution >= 0.6 is 11.3 Å². The average Bonchev–Trinajstić information content (AvgIpc) is 3.02. The lowest BCUT2D eigenvalue weighted by molar-refractivity contribution is -0.258. The van der Waals surface area contributed by atoms with Crippen LogP contribution in [-0.4, -0.2) is 17.8 Å². The second kappa shape index (κ2) is 6.59. The molecule has 1 aliphatic rings. The van der Waals surface area contributed by atoms with Crippen LogP contribution in [0.25, 0.3) is 15.7 Å². The van der Waals surface area contributed by atoms with Crippen LogP contribution < -0.4 is 0 Å². The van der Waals surface area contributed by atoms with Gasteiger partial charge in [-0.05, 0) is 18.9 Å². The van der Waals surface area contributed by atoms with E-state index in [9.17, 15) is 26.3 Å². The summed E-state index contributed by atoms with van der Waals surface area (Å²) >= 11 is 1.14. The molecule has 0 atom stereocenters. The summed E-state index contributed by atoms with van der Waals surface area (Å²) in [6.45, 7) is 3.39. The fraction of sp³-hybridized carbons (Fsp3) is 0.400. The van der Waals surface area contributed by atoms with E-state index in [-0.39, 0.29) is 23.8 Å². The fourth-order valence-electron chi connectivity index (χ4n) is 3.14. The zero-order valence-corrected chi connectivity index (χ0v) is 15.4. The molecule has 0 fully saturated rings. The topological polar surface area (TPSA) is 0 Å². The van der Waals surface area contributed by atoms with Gasteiger partial charge < -0.3 is 0 Å². The van der Waals surface area contributed by atoms with E-state index < -0.39 is 28.9 Å². The number of fused-ring (bicyclic) bond motifs is 1. The van der Waals surface area contributed by atoms with Gasteiger partial charge in [-0.1, -0.05) is 43.9 Å². The van der Waals surface area contributed by atoms with Crippen molar-refractivity contribution in [2.75, 3.05) is 0 Å². The van der Waals surface area contributed by atoms with E-state index in [1.807, 2.05) is 5.92 Å². The molecule has 7 heteroatoms. The maximum Gasteiger partial charge on any atom is 0.381 e. The molecule has 0 saturated heterocycles. The first kappa shape index (κ1) is 19.8. The summed E-state index contributed by atoms with van der Waals surface area (Å²) in [5, 5.41) is 0.261. The number of allylic oxidation sites excluding steroid dienone is 2. The van der Waals surface area contributed by atoms with Gasteiger partial charge >= 0.3 is 17.8 Å². The minimum Gasteiger partial charge on any atom is -0.194 e. The van der Waals surface area contributed by atoms with Crippen LogP contribution in [0.3, 0.4) is 0 Å². The van der Waals surface area contributed by atoms with Gasteiger partial charge in [0.05, 0.1) is 11.1 Å². The third-order valence-corrected chi connectivity index (χ3v) is 5.81. The normalized spacial score (nSPS) is 20.0. The predicted octanol–water partition coefficient (Wildman–Crippen LogP) is 6.94. The number of rotatable bonds is 3. The molecule has 0 spiro atoms. The van der Waals surface area contributed by atoms with Gasteiger partial charge in [0.15, 0.2) is 0 Å². The SMILES string of the molecule is CCCC#CC1=C(c2c(CC)sc3ccccc23)C(F)(F)C(F)(F)C1(F)F.